The summed E-state index contributed by atoms with van der Waals surface area (Å²) in [5, 5.41) is 0. The molecule has 1 rings (SSSR count). The maximum atomic E-state index is 11.4. The Morgan fingerprint density at radius 3 is 2.68 bits per heavy atom. The van der Waals surface area contributed by atoms with Crippen molar-refractivity contribution in [3.63, 3.8) is 0 Å². The van der Waals surface area contributed by atoms with Gasteiger partial charge in [-0.2, -0.15) is 0 Å². The summed E-state index contributed by atoms with van der Waals surface area (Å²) in [7, 11) is 5.29. The fourth-order valence-corrected chi connectivity index (χ4v) is 1.62. The number of nitrogen functional groups attached to an aromatic ring is 1. The molecule has 0 bridgehead atoms. The number of nitrogens with two attached hydrogens (primary N) is 1. The van der Waals surface area contributed by atoms with Crippen LogP contribution in [0.1, 0.15) is 16.3 Å². The van der Waals surface area contributed by atoms with E-state index in [9.17, 15) is 4.79 Å². The lowest BCUT2D eigenvalue weighted by Gasteiger charge is -2.11. The molecular formula is C12H22N4O3. The van der Waals surface area contributed by atoms with Crippen molar-refractivity contribution in [2.24, 2.45) is 0 Å². The Bertz CT molecular complexity index is 429. The molecule has 0 aliphatic rings. The highest BCUT2D eigenvalue weighted by Gasteiger charge is 2.18. The number of imidazole rings is 1. The van der Waals surface area contributed by atoms with Gasteiger partial charge in [-0.1, -0.05) is 0 Å². The second kappa shape index (κ2) is 7.10. The molecule has 1 aromatic rings. The SMILES string of the molecule is COC(=O)c1nc(C)n(CCOCCN(C)C)c1N. The largest absolute Gasteiger partial charge is 0.464 e. The van der Waals surface area contributed by atoms with Gasteiger partial charge in [-0.3, -0.25) is 0 Å². The molecule has 2 N–H and O–H groups in total. The Balaban J connectivity index is 2.54. The number of hydrogen-bond donors (Lipinski definition) is 1. The second-order valence-corrected chi connectivity index (χ2v) is 4.45. The Morgan fingerprint density at radius 1 is 1.42 bits per heavy atom. The van der Waals surface area contributed by atoms with Gasteiger partial charge in [0.15, 0.2) is 5.69 Å². The van der Waals surface area contributed by atoms with Crippen molar-refractivity contribution in [3.05, 3.63) is 11.5 Å². The normalized spacial score (nSPS) is 11.0. The zero-order valence-corrected chi connectivity index (χ0v) is 12.0. The number of carbonyl (C=O) groups excluding carboxylic acids is 1. The fourth-order valence-electron chi connectivity index (χ4n) is 1.62. The lowest BCUT2D eigenvalue weighted by Crippen LogP contribution is -2.19. The Kier molecular flexibility index (Phi) is 5.78. The van der Waals surface area contributed by atoms with Crippen molar-refractivity contribution >= 4 is 11.8 Å². The highest BCUT2D eigenvalue weighted by molar-refractivity contribution is 5.92. The zero-order valence-electron chi connectivity index (χ0n) is 12.0. The van der Waals surface area contributed by atoms with E-state index in [1.807, 2.05) is 19.0 Å². The number of likely N-dealkylation sites (N-methyl/N-ethyl adjacent to an activating group) is 1. The molecule has 1 heterocycles. The van der Waals surface area contributed by atoms with E-state index in [1.165, 1.54) is 7.11 Å². The number of rotatable bonds is 7. The molecule has 0 aromatic carbocycles. The van der Waals surface area contributed by atoms with Crippen LogP contribution in [-0.2, 0) is 16.0 Å². The predicted molar refractivity (Wildman–Crippen MR) is 72.1 cm³/mol. The van der Waals surface area contributed by atoms with Crippen LogP contribution in [0.2, 0.25) is 0 Å². The molecule has 0 saturated carbocycles. The quantitative estimate of drug-likeness (QED) is 0.560. The minimum Gasteiger partial charge on any atom is -0.464 e. The number of nitrogens with zero attached hydrogens (tertiary/aromatic N) is 3. The summed E-state index contributed by atoms with van der Waals surface area (Å²) in [6.07, 6.45) is 0. The standard InChI is InChI=1S/C12H22N4O3/c1-9-14-10(12(17)18-4)11(13)16(9)6-8-19-7-5-15(2)3/h5-8,13H2,1-4H3. The van der Waals surface area contributed by atoms with E-state index >= 15 is 0 Å². The Labute approximate surface area is 113 Å². The Hall–Kier alpha value is -1.60. The first-order valence-corrected chi connectivity index (χ1v) is 6.10. The predicted octanol–water partition coefficient (Wildman–Crippen LogP) is 0.139. The van der Waals surface area contributed by atoms with Gasteiger partial charge in [0.05, 0.1) is 20.3 Å². The van der Waals surface area contributed by atoms with Gasteiger partial charge >= 0.3 is 5.97 Å². The average Bonchev–Trinajstić information content (AvgIpc) is 2.64. The van der Waals surface area contributed by atoms with E-state index in [4.69, 9.17) is 10.5 Å². The average molecular weight is 270 g/mol. The fraction of sp³-hybridized carbons (Fsp3) is 0.667. The number of methoxy groups -OCH3 is 1. The monoisotopic (exact) mass is 270 g/mol. The van der Waals surface area contributed by atoms with Crippen molar-refractivity contribution in [2.75, 3.05) is 46.7 Å². The van der Waals surface area contributed by atoms with Crippen molar-refractivity contribution < 1.29 is 14.3 Å². The highest BCUT2D eigenvalue weighted by atomic mass is 16.5. The number of aromatic nitrogens is 2. The van der Waals surface area contributed by atoms with E-state index in [2.05, 4.69) is 9.72 Å². The smallest absolute Gasteiger partial charge is 0.360 e. The molecule has 7 nitrogen and oxygen atoms in total. The van der Waals surface area contributed by atoms with E-state index in [-0.39, 0.29) is 5.69 Å². The molecule has 0 amide bonds. The number of esters is 1. The van der Waals surface area contributed by atoms with Crippen LogP contribution in [0.4, 0.5) is 5.82 Å². The number of anilines is 1. The van der Waals surface area contributed by atoms with E-state index in [0.717, 1.165) is 6.54 Å². The second-order valence-electron chi connectivity index (χ2n) is 4.45. The number of carbonyl (C=O) groups is 1. The molecule has 108 valence electrons. The molecule has 1 aromatic heterocycles. The molecule has 0 atom stereocenters. The molecule has 0 saturated heterocycles. The summed E-state index contributed by atoms with van der Waals surface area (Å²) in [6, 6.07) is 0. The number of ether oxygens (including phenoxy) is 2. The third kappa shape index (κ3) is 4.22. The van der Waals surface area contributed by atoms with Crippen LogP contribution in [0, 0.1) is 6.92 Å². The summed E-state index contributed by atoms with van der Waals surface area (Å²) < 4.78 is 11.9. The van der Waals surface area contributed by atoms with Gasteiger partial charge in [0, 0.05) is 13.1 Å². The number of aryl methyl sites for hydroxylation is 1. The summed E-state index contributed by atoms with van der Waals surface area (Å²) >= 11 is 0. The molecule has 0 fully saturated rings. The molecule has 7 heteroatoms. The third-order valence-corrected chi connectivity index (χ3v) is 2.72. The minimum absolute atomic E-state index is 0.160. The van der Waals surface area contributed by atoms with Crippen molar-refractivity contribution in [1.29, 1.82) is 0 Å². The topological polar surface area (TPSA) is 82.6 Å². The van der Waals surface area contributed by atoms with Crippen LogP contribution < -0.4 is 5.73 Å². The molecular weight excluding hydrogens is 248 g/mol. The minimum atomic E-state index is -0.520. The van der Waals surface area contributed by atoms with Crippen LogP contribution in [-0.4, -0.2) is 61.4 Å². The first-order chi connectivity index (χ1) is 8.97. The van der Waals surface area contributed by atoms with E-state index in [0.29, 0.717) is 31.4 Å². The van der Waals surface area contributed by atoms with Crippen LogP contribution in [0.15, 0.2) is 0 Å². The Morgan fingerprint density at radius 2 is 2.11 bits per heavy atom. The lowest BCUT2D eigenvalue weighted by atomic mass is 10.4. The van der Waals surface area contributed by atoms with Gasteiger partial charge in [0.1, 0.15) is 11.6 Å². The van der Waals surface area contributed by atoms with E-state index in [1.54, 1.807) is 11.5 Å². The van der Waals surface area contributed by atoms with Crippen molar-refractivity contribution in [1.82, 2.24) is 14.5 Å². The first kappa shape index (κ1) is 15.5. The van der Waals surface area contributed by atoms with Crippen molar-refractivity contribution in [2.45, 2.75) is 13.5 Å². The van der Waals surface area contributed by atoms with Crippen molar-refractivity contribution in [3.8, 4) is 0 Å². The zero-order chi connectivity index (χ0) is 14.4. The summed E-state index contributed by atoms with van der Waals surface area (Å²) in [6.45, 7) is 4.41. The summed E-state index contributed by atoms with van der Waals surface area (Å²) in [5.41, 5.74) is 6.04. The van der Waals surface area contributed by atoms with Gasteiger partial charge in [0.2, 0.25) is 0 Å². The maximum absolute atomic E-state index is 11.4. The van der Waals surface area contributed by atoms with E-state index < -0.39 is 5.97 Å². The molecule has 0 spiro atoms. The van der Waals surface area contributed by atoms with Crippen LogP contribution in [0.25, 0.3) is 0 Å². The molecule has 0 aliphatic carbocycles. The van der Waals surface area contributed by atoms with Crippen LogP contribution in [0.5, 0.6) is 0 Å². The summed E-state index contributed by atoms with van der Waals surface area (Å²) in [5.74, 6) is 0.475. The van der Waals surface area contributed by atoms with Gasteiger partial charge in [-0.05, 0) is 21.0 Å². The van der Waals surface area contributed by atoms with Gasteiger partial charge in [-0.25, -0.2) is 9.78 Å². The van der Waals surface area contributed by atoms with Gasteiger partial charge in [-0.15, -0.1) is 0 Å². The summed E-state index contributed by atoms with van der Waals surface area (Å²) in [4.78, 5) is 17.6. The van der Waals surface area contributed by atoms with Gasteiger partial charge < -0.3 is 24.7 Å². The van der Waals surface area contributed by atoms with Gasteiger partial charge in [0.25, 0.3) is 0 Å². The highest BCUT2D eigenvalue weighted by Crippen LogP contribution is 2.14. The third-order valence-electron chi connectivity index (χ3n) is 2.72. The molecule has 19 heavy (non-hydrogen) atoms. The number of hydrogen-bond acceptors (Lipinski definition) is 6. The van der Waals surface area contributed by atoms with Crippen LogP contribution >= 0.6 is 0 Å². The van der Waals surface area contributed by atoms with Crippen LogP contribution in [0.3, 0.4) is 0 Å². The first-order valence-electron chi connectivity index (χ1n) is 6.10. The lowest BCUT2D eigenvalue weighted by molar-refractivity contribution is 0.0595. The molecule has 0 radical (unpaired) electrons. The maximum Gasteiger partial charge on any atom is 0.360 e. The molecule has 0 unspecified atom stereocenters. The molecule has 0 aliphatic heterocycles.